The van der Waals surface area contributed by atoms with E-state index in [1.165, 1.54) is 25.7 Å². The molecule has 0 fully saturated rings. The third-order valence-corrected chi connectivity index (χ3v) is 1.74. The number of unbranched alkanes of at least 4 members (excludes halogenated alkanes) is 5. The molecule has 3 heteroatoms. The predicted molar refractivity (Wildman–Crippen MR) is 51.4 cm³/mol. The first-order chi connectivity index (χ1) is 5.27. The Morgan fingerprint density at radius 1 is 1.08 bits per heavy atom. The Morgan fingerprint density at radius 3 is 2.08 bits per heavy atom. The van der Waals surface area contributed by atoms with Crippen LogP contribution in [-0.2, 0) is 4.79 Å². The Bertz CT molecular complexity index is 105. The molecular formula is C9H18O2Pb. The van der Waals surface area contributed by atoms with E-state index in [0.717, 1.165) is 12.8 Å². The minimum Gasteiger partial charge on any atom is -0.481 e. The van der Waals surface area contributed by atoms with Gasteiger partial charge >= 0.3 is 5.97 Å². The van der Waals surface area contributed by atoms with Crippen molar-refractivity contribution in [3.8, 4) is 0 Å². The molecule has 0 aliphatic carbocycles. The van der Waals surface area contributed by atoms with E-state index in [1.54, 1.807) is 0 Å². The minimum atomic E-state index is -0.666. The van der Waals surface area contributed by atoms with Crippen molar-refractivity contribution in [2.45, 2.75) is 51.9 Å². The summed E-state index contributed by atoms with van der Waals surface area (Å²) in [6, 6.07) is 0. The normalized spacial score (nSPS) is 9.08. The van der Waals surface area contributed by atoms with Crippen LogP contribution in [0.2, 0.25) is 0 Å². The Hall–Kier alpha value is 0.392. The first kappa shape index (κ1) is 14.9. The Labute approximate surface area is 94.9 Å². The molecule has 0 atom stereocenters. The van der Waals surface area contributed by atoms with Gasteiger partial charge in [-0.1, -0.05) is 39.0 Å². The van der Waals surface area contributed by atoms with Gasteiger partial charge in [0.1, 0.15) is 0 Å². The van der Waals surface area contributed by atoms with Gasteiger partial charge in [0, 0.05) is 33.7 Å². The topological polar surface area (TPSA) is 37.3 Å². The van der Waals surface area contributed by atoms with E-state index in [-0.39, 0.29) is 27.3 Å². The number of carbonyl (C=O) groups is 1. The largest absolute Gasteiger partial charge is 0.481 e. The van der Waals surface area contributed by atoms with Crippen LogP contribution in [0.25, 0.3) is 0 Å². The zero-order chi connectivity index (χ0) is 8.53. The van der Waals surface area contributed by atoms with Crippen molar-refractivity contribution in [2.24, 2.45) is 0 Å². The summed E-state index contributed by atoms with van der Waals surface area (Å²) in [5.41, 5.74) is 0. The molecule has 0 aromatic rings. The molecule has 0 aromatic carbocycles. The molecule has 0 spiro atoms. The minimum absolute atomic E-state index is 0. The van der Waals surface area contributed by atoms with Gasteiger partial charge in [0.25, 0.3) is 0 Å². The Morgan fingerprint density at radius 2 is 1.58 bits per heavy atom. The second-order valence-electron chi connectivity index (χ2n) is 2.91. The molecule has 0 unspecified atom stereocenters. The van der Waals surface area contributed by atoms with Gasteiger partial charge in [-0.25, -0.2) is 0 Å². The van der Waals surface area contributed by atoms with Crippen molar-refractivity contribution in [3.63, 3.8) is 0 Å². The van der Waals surface area contributed by atoms with E-state index in [4.69, 9.17) is 5.11 Å². The monoisotopic (exact) mass is 366 g/mol. The van der Waals surface area contributed by atoms with E-state index < -0.39 is 5.97 Å². The van der Waals surface area contributed by atoms with Gasteiger partial charge < -0.3 is 5.11 Å². The summed E-state index contributed by atoms with van der Waals surface area (Å²) in [5.74, 6) is -0.666. The fraction of sp³-hybridized carbons (Fsp3) is 0.889. The van der Waals surface area contributed by atoms with Gasteiger partial charge in [-0.3, -0.25) is 4.79 Å². The Balaban J connectivity index is 0. The maximum absolute atomic E-state index is 10.1. The number of hydrogen-bond donors (Lipinski definition) is 1. The summed E-state index contributed by atoms with van der Waals surface area (Å²) < 4.78 is 0. The quantitative estimate of drug-likeness (QED) is 0.556. The van der Waals surface area contributed by atoms with Crippen molar-refractivity contribution in [3.05, 3.63) is 0 Å². The van der Waals surface area contributed by atoms with Crippen molar-refractivity contribution < 1.29 is 9.90 Å². The molecule has 12 heavy (non-hydrogen) atoms. The maximum Gasteiger partial charge on any atom is 0.303 e. The third-order valence-electron chi connectivity index (χ3n) is 1.74. The molecule has 0 rings (SSSR count). The van der Waals surface area contributed by atoms with E-state index in [9.17, 15) is 4.79 Å². The molecule has 0 aliphatic rings. The summed E-state index contributed by atoms with van der Waals surface area (Å²) in [6.07, 6.45) is 7.25. The number of carboxylic acid groups (broad SMARTS) is 1. The first-order valence-electron chi connectivity index (χ1n) is 4.49. The molecule has 0 heterocycles. The summed E-state index contributed by atoms with van der Waals surface area (Å²) in [7, 11) is 0. The van der Waals surface area contributed by atoms with Crippen LogP contribution in [0.5, 0.6) is 0 Å². The fourth-order valence-electron chi connectivity index (χ4n) is 1.06. The molecule has 0 aromatic heterocycles. The number of rotatable bonds is 7. The van der Waals surface area contributed by atoms with E-state index in [1.807, 2.05) is 0 Å². The third kappa shape index (κ3) is 13.0. The zero-order valence-corrected chi connectivity index (χ0v) is 11.7. The van der Waals surface area contributed by atoms with E-state index >= 15 is 0 Å². The number of aliphatic carboxylic acids is 1. The molecule has 0 bridgehead atoms. The summed E-state index contributed by atoms with van der Waals surface area (Å²) in [5, 5.41) is 8.32. The molecule has 4 radical (unpaired) electrons. The van der Waals surface area contributed by atoms with Gasteiger partial charge in [0.05, 0.1) is 0 Å². The van der Waals surface area contributed by atoms with Crippen molar-refractivity contribution in [1.29, 1.82) is 0 Å². The maximum atomic E-state index is 10.1. The van der Waals surface area contributed by atoms with Gasteiger partial charge in [-0.2, -0.15) is 0 Å². The van der Waals surface area contributed by atoms with Gasteiger partial charge in [-0.15, -0.1) is 0 Å². The van der Waals surface area contributed by atoms with Crippen LogP contribution in [0, 0.1) is 0 Å². The second-order valence-corrected chi connectivity index (χ2v) is 2.91. The van der Waals surface area contributed by atoms with Crippen LogP contribution in [0.1, 0.15) is 51.9 Å². The summed E-state index contributed by atoms with van der Waals surface area (Å²) in [4.78, 5) is 10.1. The fourth-order valence-corrected chi connectivity index (χ4v) is 1.06. The second kappa shape index (κ2) is 11.4. The predicted octanol–water partition coefficient (Wildman–Crippen LogP) is 2.44. The van der Waals surface area contributed by atoms with Crippen LogP contribution < -0.4 is 0 Å². The first-order valence-corrected chi connectivity index (χ1v) is 4.49. The Kier molecular flexibility index (Phi) is 14.1. The van der Waals surface area contributed by atoms with Crippen LogP contribution in [0.3, 0.4) is 0 Å². The van der Waals surface area contributed by atoms with Crippen LogP contribution in [-0.4, -0.2) is 38.4 Å². The molecule has 0 aliphatic heterocycles. The average molecular weight is 365 g/mol. The van der Waals surface area contributed by atoms with Gasteiger partial charge in [0.2, 0.25) is 0 Å². The van der Waals surface area contributed by atoms with E-state index in [0.29, 0.717) is 6.42 Å². The molecular weight excluding hydrogens is 347 g/mol. The molecule has 1 N–H and O–H groups in total. The summed E-state index contributed by atoms with van der Waals surface area (Å²) >= 11 is 0. The van der Waals surface area contributed by atoms with Crippen LogP contribution in [0.15, 0.2) is 0 Å². The van der Waals surface area contributed by atoms with E-state index in [2.05, 4.69) is 6.92 Å². The van der Waals surface area contributed by atoms with Gasteiger partial charge in [0.15, 0.2) is 0 Å². The van der Waals surface area contributed by atoms with Crippen molar-refractivity contribution in [2.75, 3.05) is 0 Å². The number of hydrogen-bond acceptors (Lipinski definition) is 1. The molecule has 2 nitrogen and oxygen atoms in total. The number of carboxylic acids is 1. The van der Waals surface area contributed by atoms with Crippen LogP contribution in [0.4, 0.5) is 0 Å². The molecule has 0 saturated carbocycles. The smallest absolute Gasteiger partial charge is 0.303 e. The molecule has 0 saturated heterocycles. The summed E-state index contributed by atoms with van der Waals surface area (Å²) in [6.45, 7) is 2.18. The standard InChI is InChI=1S/C9H18O2.Pb/c1-2-3-4-5-6-7-8-9(10)11;/h2-8H2,1H3,(H,10,11);. The van der Waals surface area contributed by atoms with Crippen LogP contribution >= 0.6 is 0 Å². The SMILES string of the molecule is CCCCCCCCC(=O)O.[Pb]. The van der Waals surface area contributed by atoms with Crippen molar-refractivity contribution >= 4 is 33.3 Å². The van der Waals surface area contributed by atoms with Crippen molar-refractivity contribution in [1.82, 2.24) is 0 Å². The molecule has 70 valence electrons. The molecule has 0 amide bonds. The average Bonchev–Trinajstić information content (AvgIpc) is 1.96. The van der Waals surface area contributed by atoms with Gasteiger partial charge in [-0.05, 0) is 6.42 Å². The zero-order valence-electron chi connectivity index (χ0n) is 7.81.